The number of amidine groups is 1. The van der Waals surface area contributed by atoms with Gasteiger partial charge in [0, 0.05) is 13.2 Å². The topological polar surface area (TPSA) is 24.8 Å². The first-order valence-corrected chi connectivity index (χ1v) is 3.33. The van der Waals surface area contributed by atoms with Gasteiger partial charge >= 0.3 is 0 Å². The van der Waals surface area contributed by atoms with Gasteiger partial charge in [0.05, 0.1) is 13.7 Å². The van der Waals surface area contributed by atoms with E-state index in [0.717, 1.165) is 0 Å². The lowest BCUT2D eigenvalue weighted by Gasteiger charge is -2.17. The molecule has 0 aliphatic rings. The fourth-order valence-corrected chi connectivity index (χ4v) is 0.670. The minimum atomic E-state index is -2.40. The standard InChI is InChI=1S/C7H12F2N2O/c1-4-10-7(12-3)11(2)5-6(8)9/h4,6H,1,5H2,2-3H3/b10-7+. The summed E-state index contributed by atoms with van der Waals surface area (Å²) in [7, 11) is 2.84. The SMILES string of the molecule is C=C/N=C(/OC)N(C)CC(F)F. The van der Waals surface area contributed by atoms with E-state index in [2.05, 4.69) is 11.6 Å². The molecular formula is C7H12F2N2O. The first kappa shape index (κ1) is 10.9. The first-order chi connectivity index (χ1) is 5.61. The lowest BCUT2D eigenvalue weighted by Crippen LogP contribution is -2.32. The van der Waals surface area contributed by atoms with Crippen LogP contribution >= 0.6 is 0 Å². The quantitative estimate of drug-likeness (QED) is 0.481. The van der Waals surface area contributed by atoms with E-state index >= 15 is 0 Å². The normalized spacial score (nSPS) is 11.6. The molecular weight excluding hydrogens is 166 g/mol. The van der Waals surface area contributed by atoms with Gasteiger partial charge in [-0.1, -0.05) is 6.58 Å². The summed E-state index contributed by atoms with van der Waals surface area (Å²) in [6.45, 7) is 2.93. The molecule has 3 nitrogen and oxygen atoms in total. The van der Waals surface area contributed by atoms with Gasteiger partial charge in [0.15, 0.2) is 0 Å². The highest BCUT2D eigenvalue weighted by atomic mass is 19.3. The monoisotopic (exact) mass is 178 g/mol. The van der Waals surface area contributed by atoms with E-state index in [1.165, 1.54) is 25.3 Å². The maximum absolute atomic E-state index is 11.8. The fraction of sp³-hybridized carbons (Fsp3) is 0.571. The molecule has 0 fully saturated rings. The van der Waals surface area contributed by atoms with Gasteiger partial charge in [-0.25, -0.2) is 13.8 Å². The van der Waals surface area contributed by atoms with Crippen molar-refractivity contribution in [3.63, 3.8) is 0 Å². The third-order valence-electron chi connectivity index (χ3n) is 1.12. The Morgan fingerprint density at radius 3 is 2.67 bits per heavy atom. The van der Waals surface area contributed by atoms with Gasteiger partial charge in [-0.15, -0.1) is 0 Å². The Hall–Kier alpha value is -1.13. The largest absolute Gasteiger partial charge is 0.468 e. The molecule has 0 N–H and O–H groups in total. The molecule has 0 bridgehead atoms. The Bertz CT molecular complexity index is 171. The van der Waals surface area contributed by atoms with Gasteiger partial charge in [0.1, 0.15) is 0 Å². The minimum absolute atomic E-state index is 0.130. The molecule has 0 heterocycles. The minimum Gasteiger partial charge on any atom is -0.468 e. The van der Waals surface area contributed by atoms with Crippen molar-refractivity contribution in [2.24, 2.45) is 4.99 Å². The second kappa shape index (κ2) is 5.51. The van der Waals surface area contributed by atoms with Gasteiger partial charge < -0.3 is 9.64 Å². The summed E-state index contributed by atoms with van der Waals surface area (Å²) >= 11 is 0. The molecule has 0 aromatic carbocycles. The van der Waals surface area contributed by atoms with Crippen molar-refractivity contribution >= 4 is 6.02 Å². The van der Waals surface area contributed by atoms with Crippen LogP contribution in [-0.4, -0.2) is 38.0 Å². The smallest absolute Gasteiger partial charge is 0.291 e. The summed E-state index contributed by atoms with van der Waals surface area (Å²) in [5.41, 5.74) is 0. The zero-order valence-corrected chi connectivity index (χ0v) is 7.13. The van der Waals surface area contributed by atoms with Crippen LogP contribution in [0.1, 0.15) is 0 Å². The van der Waals surface area contributed by atoms with Crippen LogP contribution in [-0.2, 0) is 4.74 Å². The Kier molecular flexibility index (Phi) is 4.99. The van der Waals surface area contributed by atoms with Gasteiger partial charge in [0.25, 0.3) is 12.4 Å². The molecule has 70 valence electrons. The Balaban J connectivity index is 4.11. The highest BCUT2D eigenvalue weighted by Crippen LogP contribution is 1.97. The van der Waals surface area contributed by atoms with E-state index in [1.54, 1.807) is 0 Å². The van der Waals surface area contributed by atoms with Gasteiger partial charge in [0.2, 0.25) is 0 Å². The number of ether oxygens (including phenoxy) is 1. The summed E-state index contributed by atoms with van der Waals surface area (Å²) in [6.07, 6.45) is -1.17. The zero-order valence-electron chi connectivity index (χ0n) is 7.13. The molecule has 0 amide bonds. The average molecular weight is 178 g/mol. The molecule has 5 heteroatoms. The van der Waals surface area contributed by atoms with Gasteiger partial charge in [-0.05, 0) is 0 Å². The Labute approximate surface area is 70.3 Å². The molecule has 0 atom stereocenters. The van der Waals surface area contributed by atoms with E-state index in [-0.39, 0.29) is 6.02 Å². The maximum Gasteiger partial charge on any atom is 0.291 e. The van der Waals surface area contributed by atoms with Crippen LogP contribution in [0.3, 0.4) is 0 Å². The van der Waals surface area contributed by atoms with Crippen molar-refractivity contribution in [1.82, 2.24) is 4.90 Å². The number of alkyl halides is 2. The van der Waals surface area contributed by atoms with Crippen molar-refractivity contribution in [3.05, 3.63) is 12.8 Å². The second-order valence-corrected chi connectivity index (χ2v) is 2.07. The number of hydrogen-bond donors (Lipinski definition) is 0. The molecule has 0 aromatic heterocycles. The molecule has 0 aromatic rings. The number of aliphatic imine (C=N–C) groups is 1. The summed E-state index contributed by atoms with van der Waals surface area (Å²) in [5.74, 6) is 0. The summed E-state index contributed by atoms with van der Waals surface area (Å²) in [5, 5.41) is 0. The highest BCUT2D eigenvalue weighted by Gasteiger charge is 2.11. The van der Waals surface area contributed by atoms with Crippen LogP contribution in [0.2, 0.25) is 0 Å². The third kappa shape index (κ3) is 3.90. The molecule has 0 aliphatic carbocycles. The number of hydrogen-bond acceptors (Lipinski definition) is 2. The van der Waals surface area contributed by atoms with E-state index in [4.69, 9.17) is 4.74 Å². The van der Waals surface area contributed by atoms with Crippen LogP contribution < -0.4 is 0 Å². The van der Waals surface area contributed by atoms with E-state index in [9.17, 15) is 8.78 Å². The first-order valence-electron chi connectivity index (χ1n) is 3.33. The molecule has 0 radical (unpaired) electrons. The van der Waals surface area contributed by atoms with Crippen molar-refractivity contribution in [3.8, 4) is 0 Å². The molecule has 0 saturated heterocycles. The van der Waals surface area contributed by atoms with Gasteiger partial charge in [-0.2, -0.15) is 0 Å². The lowest BCUT2D eigenvalue weighted by molar-refractivity contribution is 0.114. The van der Waals surface area contributed by atoms with Crippen molar-refractivity contribution in [2.45, 2.75) is 6.43 Å². The van der Waals surface area contributed by atoms with Crippen LogP contribution in [0.5, 0.6) is 0 Å². The van der Waals surface area contributed by atoms with Crippen LogP contribution in [0.4, 0.5) is 8.78 Å². The predicted molar refractivity (Wildman–Crippen MR) is 43.3 cm³/mol. The van der Waals surface area contributed by atoms with Crippen LogP contribution in [0, 0.1) is 0 Å². The lowest BCUT2D eigenvalue weighted by atomic mass is 10.6. The number of nitrogens with zero attached hydrogens (tertiary/aromatic N) is 2. The molecule has 0 rings (SSSR count). The van der Waals surface area contributed by atoms with Gasteiger partial charge in [-0.3, -0.25) is 0 Å². The maximum atomic E-state index is 11.8. The number of halogens is 2. The predicted octanol–water partition coefficient (Wildman–Crippen LogP) is 1.33. The Morgan fingerprint density at radius 1 is 1.75 bits per heavy atom. The van der Waals surface area contributed by atoms with Crippen LogP contribution in [0.25, 0.3) is 0 Å². The number of methoxy groups -OCH3 is 1. The van der Waals surface area contributed by atoms with E-state index in [0.29, 0.717) is 0 Å². The van der Waals surface area contributed by atoms with Crippen LogP contribution in [0.15, 0.2) is 17.8 Å². The molecule has 0 spiro atoms. The van der Waals surface area contributed by atoms with E-state index in [1.807, 2.05) is 0 Å². The fourth-order valence-electron chi connectivity index (χ4n) is 0.670. The van der Waals surface area contributed by atoms with Crippen molar-refractivity contribution < 1.29 is 13.5 Å². The second-order valence-electron chi connectivity index (χ2n) is 2.07. The summed E-state index contributed by atoms with van der Waals surface area (Å²) in [6, 6.07) is 0.130. The molecule has 0 aliphatic heterocycles. The number of rotatable bonds is 3. The Morgan fingerprint density at radius 2 is 2.33 bits per heavy atom. The van der Waals surface area contributed by atoms with Crippen molar-refractivity contribution in [1.29, 1.82) is 0 Å². The third-order valence-corrected chi connectivity index (χ3v) is 1.12. The molecule has 0 saturated carbocycles. The molecule has 12 heavy (non-hydrogen) atoms. The zero-order chi connectivity index (χ0) is 9.56. The summed E-state index contributed by atoms with van der Waals surface area (Å²) < 4.78 is 28.4. The van der Waals surface area contributed by atoms with Crippen molar-refractivity contribution in [2.75, 3.05) is 20.7 Å². The highest BCUT2D eigenvalue weighted by molar-refractivity contribution is 5.73. The average Bonchev–Trinajstić information content (AvgIpc) is 1.98. The summed E-state index contributed by atoms with van der Waals surface area (Å²) in [4.78, 5) is 4.86. The molecule has 0 unspecified atom stereocenters. The van der Waals surface area contributed by atoms with E-state index < -0.39 is 13.0 Å².